The molecule has 1 aromatic rings. The van der Waals surface area contributed by atoms with E-state index in [0.717, 1.165) is 50.6 Å². The van der Waals surface area contributed by atoms with Crippen LogP contribution in [0.5, 0.6) is 5.75 Å². The van der Waals surface area contributed by atoms with Crippen molar-refractivity contribution in [2.24, 2.45) is 5.73 Å². The summed E-state index contributed by atoms with van der Waals surface area (Å²) < 4.78 is 11.1. The first kappa shape index (κ1) is 15.6. The molecule has 112 valence electrons. The standard InChI is InChI=1S/C15H23ClN2O2/c1-12(17)10-13-2-3-15(14(16)11-13)20-9-6-18-4-7-19-8-5-18/h2-3,11-12H,4-10,17H2,1H3. The van der Waals surface area contributed by atoms with Gasteiger partial charge in [0.1, 0.15) is 12.4 Å². The fraction of sp³-hybridized carbons (Fsp3) is 0.600. The Morgan fingerprint density at radius 3 is 2.80 bits per heavy atom. The number of morpholine rings is 1. The average Bonchev–Trinajstić information content (AvgIpc) is 2.42. The van der Waals surface area contributed by atoms with Gasteiger partial charge in [-0.2, -0.15) is 0 Å². The number of hydrogen-bond acceptors (Lipinski definition) is 4. The maximum Gasteiger partial charge on any atom is 0.137 e. The summed E-state index contributed by atoms with van der Waals surface area (Å²) in [5.74, 6) is 0.744. The zero-order chi connectivity index (χ0) is 14.4. The van der Waals surface area contributed by atoms with Crippen LogP contribution in [-0.2, 0) is 11.2 Å². The maximum absolute atomic E-state index is 6.23. The number of nitrogens with zero attached hydrogens (tertiary/aromatic N) is 1. The van der Waals surface area contributed by atoms with Crippen LogP contribution in [0.3, 0.4) is 0 Å². The second-order valence-electron chi connectivity index (χ2n) is 5.25. The SMILES string of the molecule is CC(N)Cc1ccc(OCCN2CCOCC2)c(Cl)c1. The van der Waals surface area contributed by atoms with E-state index in [1.807, 2.05) is 25.1 Å². The minimum atomic E-state index is 0.138. The molecular weight excluding hydrogens is 276 g/mol. The van der Waals surface area contributed by atoms with Crippen molar-refractivity contribution in [2.75, 3.05) is 39.5 Å². The van der Waals surface area contributed by atoms with Crippen LogP contribution < -0.4 is 10.5 Å². The van der Waals surface area contributed by atoms with E-state index in [1.165, 1.54) is 0 Å². The molecule has 1 saturated heterocycles. The molecule has 0 radical (unpaired) electrons. The zero-order valence-corrected chi connectivity index (χ0v) is 12.7. The predicted octanol–water partition coefficient (Wildman–Crippen LogP) is 1.94. The topological polar surface area (TPSA) is 47.7 Å². The molecule has 5 heteroatoms. The molecular formula is C15H23ClN2O2. The molecule has 1 unspecified atom stereocenters. The molecule has 1 fully saturated rings. The van der Waals surface area contributed by atoms with Crippen LogP contribution in [0.2, 0.25) is 5.02 Å². The minimum absolute atomic E-state index is 0.138. The van der Waals surface area contributed by atoms with Crippen LogP contribution in [0.1, 0.15) is 12.5 Å². The fourth-order valence-corrected chi connectivity index (χ4v) is 2.53. The van der Waals surface area contributed by atoms with Crippen LogP contribution in [0.25, 0.3) is 0 Å². The van der Waals surface area contributed by atoms with Crippen molar-refractivity contribution in [3.8, 4) is 5.75 Å². The lowest BCUT2D eigenvalue weighted by Gasteiger charge is -2.26. The van der Waals surface area contributed by atoms with Gasteiger partial charge in [0.05, 0.1) is 18.2 Å². The minimum Gasteiger partial charge on any atom is -0.491 e. The van der Waals surface area contributed by atoms with Crippen molar-refractivity contribution in [1.29, 1.82) is 0 Å². The Balaban J connectivity index is 1.80. The van der Waals surface area contributed by atoms with E-state index >= 15 is 0 Å². The Morgan fingerprint density at radius 2 is 2.15 bits per heavy atom. The van der Waals surface area contributed by atoms with Gasteiger partial charge < -0.3 is 15.2 Å². The molecule has 1 aliphatic heterocycles. The molecule has 1 atom stereocenters. The van der Waals surface area contributed by atoms with Crippen LogP contribution in [0, 0.1) is 0 Å². The summed E-state index contributed by atoms with van der Waals surface area (Å²) in [4.78, 5) is 2.34. The van der Waals surface area contributed by atoms with E-state index in [9.17, 15) is 0 Å². The van der Waals surface area contributed by atoms with Gasteiger partial charge in [-0.15, -0.1) is 0 Å². The molecule has 0 aliphatic carbocycles. The number of benzene rings is 1. The number of nitrogens with two attached hydrogens (primary N) is 1. The van der Waals surface area contributed by atoms with Gasteiger partial charge in [-0.25, -0.2) is 0 Å². The first-order valence-corrected chi connectivity index (χ1v) is 7.50. The molecule has 20 heavy (non-hydrogen) atoms. The Bertz CT molecular complexity index is 420. The van der Waals surface area contributed by atoms with Crippen LogP contribution in [0.15, 0.2) is 18.2 Å². The van der Waals surface area contributed by atoms with Gasteiger partial charge >= 0.3 is 0 Å². The number of rotatable bonds is 6. The van der Waals surface area contributed by atoms with Gasteiger partial charge in [-0.1, -0.05) is 17.7 Å². The summed E-state index contributed by atoms with van der Waals surface area (Å²) in [5.41, 5.74) is 6.93. The van der Waals surface area contributed by atoms with Crippen molar-refractivity contribution >= 4 is 11.6 Å². The molecule has 1 aliphatic rings. The lowest BCUT2D eigenvalue weighted by Crippen LogP contribution is -2.38. The molecule has 2 N–H and O–H groups in total. The predicted molar refractivity (Wildman–Crippen MR) is 81.6 cm³/mol. The van der Waals surface area contributed by atoms with E-state index < -0.39 is 0 Å². The van der Waals surface area contributed by atoms with E-state index in [-0.39, 0.29) is 6.04 Å². The molecule has 0 bridgehead atoms. The van der Waals surface area contributed by atoms with Crippen LogP contribution in [0.4, 0.5) is 0 Å². The first-order chi connectivity index (χ1) is 9.65. The average molecular weight is 299 g/mol. The highest BCUT2D eigenvalue weighted by atomic mass is 35.5. The Kier molecular flexibility index (Phi) is 6.10. The molecule has 0 saturated carbocycles. The highest BCUT2D eigenvalue weighted by Crippen LogP contribution is 2.25. The highest BCUT2D eigenvalue weighted by molar-refractivity contribution is 6.32. The quantitative estimate of drug-likeness (QED) is 0.872. The van der Waals surface area contributed by atoms with E-state index in [2.05, 4.69) is 4.90 Å². The summed E-state index contributed by atoms with van der Waals surface area (Å²) in [7, 11) is 0. The van der Waals surface area contributed by atoms with Crippen molar-refractivity contribution in [2.45, 2.75) is 19.4 Å². The third-order valence-corrected chi connectivity index (χ3v) is 3.62. The molecule has 2 rings (SSSR count). The fourth-order valence-electron chi connectivity index (χ4n) is 2.27. The summed E-state index contributed by atoms with van der Waals surface area (Å²) in [6, 6.07) is 6.03. The van der Waals surface area contributed by atoms with E-state index in [1.54, 1.807) is 0 Å². The molecule has 1 heterocycles. The molecule has 0 aromatic heterocycles. The van der Waals surface area contributed by atoms with Gasteiger partial charge in [0.2, 0.25) is 0 Å². The van der Waals surface area contributed by atoms with Crippen molar-refractivity contribution in [1.82, 2.24) is 4.90 Å². The molecule has 0 spiro atoms. The normalized spacial score (nSPS) is 17.9. The van der Waals surface area contributed by atoms with Crippen molar-refractivity contribution in [3.05, 3.63) is 28.8 Å². The number of halogens is 1. The first-order valence-electron chi connectivity index (χ1n) is 7.12. The van der Waals surface area contributed by atoms with Crippen LogP contribution >= 0.6 is 11.6 Å². The summed E-state index contributed by atoms with van der Waals surface area (Å²) in [6.45, 7) is 7.11. The van der Waals surface area contributed by atoms with Crippen molar-refractivity contribution < 1.29 is 9.47 Å². The lowest BCUT2D eigenvalue weighted by atomic mass is 10.1. The number of hydrogen-bond donors (Lipinski definition) is 1. The number of ether oxygens (including phenoxy) is 2. The van der Waals surface area contributed by atoms with Gasteiger partial charge in [-0.3, -0.25) is 4.90 Å². The molecule has 0 amide bonds. The zero-order valence-electron chi connectivity index (χ0n) is 12.0. The second-order valence-corrected chi connectivity index (χ2v) is 5.66. The molecule has 1 aromatic carbocycles. The smallest absolute Gasteiger partial charge is 0.137 e. The third-order valence-electron chi connectivity index (χ3n) is 3.32. The second kappa shape index (κ2) is 7.84. The summed E-state index contributed by atoms with van der Waals surface area (Å²) >= 11 is 6.23. The molecule has 4 nitrogen and oxygen atoms in total. The third kappa shape index (κ3) is 4.94. The lowest BCUT2D eigenvalue weighted by molar-refractivity contribution is 0.0322. The van der Waals surface area contributed by atoms with Gasteiger partial charge in [0.15, 0.2) is 0 Å². The summed E-state index contributed by atoms with van der Waals surface area (Å²) in [5, 5.41) is 0.658. The van der Waals surface area contributed by atoms with Gasteiger partial charge in [0.25, 0.3) is 0 Å². The largest absolute Gasteiger partial charge is 0.491 e. The Morgan fingerprint density at radius 1 is 1.40 bits per heavy atom. The van der Waals surface area contributed by atoms with Crippen molar-refractivity contribution in [3.63, 3.8) is 0 Å². The van der Waals surface area contributed by atoms with Gasteiger partial charge in [0, 0.05) is 25.7 Å². The Hall–Kier alpha value is -0.810. The van der Waals surface area contributed by atoms with E-state index in [0.29, 0.717) is 11.6 Å². The van der Waals surface area contributed by atoms with E-state index in [4.69, 9.17) is 26.8 Å². The van der Waals surface area contributed by atoms with Crippen LogP contribution in [-0.4, -0.2) is 50.4 Å². The monoisotopic (exact) mass is 298 g/mol. The highest BCUT2D eigenvalue weighted by Gasteiger charge is 2.10. The summed E-state index contributed by atoms with van der Waals surface area (Å²) in [6.07, 6.45) is 0.827. The van der Waals surface area contributed by atoms with Gasteiger partial charge in [-0.05, 0) is 31.0 Å². The maximum atomic E-state index is 6.23. The Labute approximate surface area is 125 Å².